The predicted molar refractivity (Wildman–Crippen MR) is 109 cm³/mol. The minimum Gasteiger partial charge on any atom is -0.428 e. The maximum atomic E-state index is 14.5. The summed E-state index contributed by atoms with van der Waals surface area (Å²) in [5, 5.41) is 13.4. The SMILES string of the molecule is CC(C)(O)C(F)(F)Oc1ccc(-c2ncccn2)c2oc(N3CC4CCC(C3)N4)nc12. The average molecular weight is 431 g/mol. The molecule has 2 N–H and O–H groups in total. The highest BCUT2D eigenvalue weighted by molar-refractivity contribution is 5.93. The third kappa shape index (κ3) is 3.59. The van der Waals surface area contributed by atoms with Gasteiger partial charge in [0, 0.05) is 37.6 Å². The fraction of sp³-hybridized carbons (Fsp3) is 0.476. The maximum absolute atomic E-state index is 14.5. The molecule has 0 aliphatic carbocycles. The number of nitrogens with zero attached hydrogens (tertiary/aromatic N) is 4. The highest BCUT2D eigenvalue weighted by Gasteiger charge is 2.49. The van der Waals surface area contributed by atoms with Gasteiger partial charge in [-0.05, 0) is 44.9 Å². The number of benzene rings is 1. The van der Waals surface area contributed by atoms with Crippen LogP contribution in [0.3, 0.4) is 0 Å². The predicted octanol–water partition coefficient (Wildman–Crippen LogP) is 2.97. The molecule has 5 rings (SSSR count). The van der Waals surface area contributed by atoms with Crippen LogP contribution in [-0.2, 0) is 0 Å². The van der Waals surface area contributed by atoms with Crippen LogP contribution in [0.15, 0.2) is 35.0 Å². The van der Waals surface area contributed by atoms with Gasteiger partial charge in [0.15, 0.2) is 28.3 Å². The molecule has 2 atom stereocenters. The van der Waals surface area contributed by atoms with Gasteiger partial charge in [0.05, 0.1) is 5.56 Å². The van der Waals surface area contributed by atoms with Gasteiger partial charge in [0.1, 0.15) is 0 Å². The lowest BCUT2D eigenvalue weighted by molar-refractivity contribution is -0.275. The fourth-order valence-corrected chi connectivity index (χ4v) is 4.02. The standard InChI is InChI=1S/C21H23F2N5O3/c1-20(2,29)21(22,23)31-15-7-6-14(18-24-8-3-9-25-18)17-16(15)27-19(30-17)28-10-12-4-5-13(11-28)26-12/h3,6-9,12-13,26,29H,4-5,10-11H2,1-2H3. The first-order valence-corrected chi connectivity index (χ1v) is 10.2. The van der Waals surface area contributed by atoms with Gasteiger partial charge < -0.3 is 24.5 Å². The second kappa shape index (κ2) is 7.10. The van der Waals surface area contributed by atoms with Crippen molar-refractivity contribution < 1.29 is 23.0 Å². The summed E-state index contributed by atoms with van der Waals surface area (Å²) in [5.41, 5.74) is -1.47. The number of halogens is 2. The summed E-state index contributed by atoms with van der Waals surface area (Å²) in [5.74, 6) is 0.200. The number of anilines is 1. The van der Waals surface area contributed by atoms with Crippen LogP contribution in [0, 0.1) is 0 Å². The molecular weight excluding hydrogens is 408 g/mol. The molecule has 0 amide bonds. The van der Waals surface area contributed by atoms with E-state index in [9.17, 15) is 13.9 Å². The van der Waals surface area contributed by atoms with Gasteiger partial charge >= 0.3 is 6.11 Å². The van der Waals surface area contributed by atoms with Crippen molar-refractivity contribution in [1.29, 1.82) is 0 Å². The fourth-order valence-electron chi connectivity index (χ4n) is 4.02. The van der Waals surface area contributed by atoms with Crippen molar-refractivity contribution in [3.05, 3.63) is 30.6 Å². The van der Waals surface area contributed by atoms with Crippen molar-refractivity contribution in [2.45, 2.75) is 50.5 Å². The van der Waals surface area contributed by atoms with E-state index in [2.05, 4.69) is 20.3 Å². The van der Waals surface area contributed by atoms with Crippen LogP contribution in [0.2, 0.25) is 0 Å². The summed E-state index contributed by atoms with van der Waals surface area (Å²) in [6.45, 7) is 3.41. The van der Waals surface area contributed by atoms with Gasteiger partial charge in [0.25, 0.3) is 6.01 Å². The molecule has 0 radical (unpaired) electrons. The summed E-state index contributed by atoms with van der Waals surface area (Å²) in [7, 11) is 0. The molecule has 2 aliphatic heterocycles. The van der Waals surface area contributed by atoms with E-state index in [4.69, 9.17) is 9.15 Å². The van der Waals surface area contributed by atoms with Crippen LogP contribution in [0.25, 0.3) is 22.5 Å². The molecular formula is C21H23F2N5O3. The number of oxazole rings is 1. The van der Waals surface area contributed by atoms with Crippen LogP contribution in [-0.4, -0.2) is 56.9 Å². The molecule has 0 saturated carbocycles. The van der Waals surface area contributed by atoms with Crippen molar-refractivity contribution >= 4 is 17.1 Å². The number of hydrogen-bond donors (Lipinski definition) is 2. The third-order valence-electron chi connectivity index (χ3n) is 5.74. The van der Waals surface area contributed by atoms with Crippen molar-refractivity contribution in [3.63, 3.8) is 0 Å². The van der Waals surface area contributed by atoms with Crippen molar-refractivity contribution in [1.82, 2.24) is 20.3 Å². The summed E-state index contributed by atoms with van der Waals surface area (Å²) in [6.07, 6.45) is 1.50. The molecule has 2 unspecified atom stereocenters. The molecule has 2 aliphatic rings. The van der Waals surface area contributed by atoms with E-state index in [0.29, 0.717) is 29.5 Å². The normalized spacial score (nSPS) is 21.6. The summed E-state index contributed by atoms with van der Waals surface area (Å²) in [6, 6.07) is 5.66. The van der Waals surface area contributed by atoms with Gasteiger partial charge in [-0.2, -0.15) is 13.8 Å². The Kier molecular flexibility index (Phi) is 4.60. The Morgan fingerprint density at radius 1 is 1.16 bits per heavy atom. The zero-order valence-electron chi connectivity index (χ0n) is 17.2. The Morgan fingerprint density at radius 2 is 1.84 bits per heavy atom. The second-order valence-corrected chi connectivity index (χ2v) is 8.58. The first-order valence-electron chi connectivity index (χ1n) is 10.2. The van der Waals surface area contributed by atoms with Gasteiger partial charge in [-0.15, -0.1) is 0 Å². The van der Waals surface area contributed by atoms with Crippen LogP contribution in [0.4, 0.5) is 14.8 Å². The summed E-state index contributed by atoms with van der Waals surface area (Å²) in [4.78, 5) is 15.0. The van der Waals surface area contributed by atoms with Crippen molar-refractivity contribution in [2.24, 2.45) is 0 Å². The lowest BCUT2D eigenvalue weighted by Gasteiger charge is -2.31. The van der Waals surface area contributed by atoms with Gasteiger partial charge in [0.2, 0.25) is 0 Å². The van der Waals surface area contributed by atoms with Gasteiger partial charge in [-0.3, -0.25) is 0 Å². The van der Waals surface area contributed by atoms with E-state index in [-0.39, 0.29) is 16.8 Å². The third-order valence-corrected chi connectivity index (χ3v) is 5.74. The van der Waals surface area contributed by atoms with Crippen molar-refractivity contribution in [2.75, 3.05) is 18.0 Å². The molecule has 2 fully saturated rings. The highest BCUT2D eigenvalue weighted by atomic mass is 19.3. The number of alkyl halides is 2. The van der Waals surface area contributed by atoms with Crippen LogP contribution < -0.4 is 15.0 Å². The molecule has 3 aromatic rings. The molecule has 0 spiro atoms. The monoisotopic (exact) mass is 431 g/mol. The lowest BCUT2D eigenvalue weighted by atomic mass is 10.1. The Hall–Kier alpha value is -2.85. The number of ether oxygens (including phenoxy) is 1. The minimum atomic E-state index is -3.84. The van der Waals surface area contributed by atoms with Gasteiger partial charge in [-0.25, -0.2) is 9.97 Å². The van der Waals surface area contributed by atoms with E-state index in [0.717, 1.165) is 39.8 Å². The first kappa shape index (κ1) is 20.1. The zero-order chi connectivity index (χ0) is 21.8. The van der Waals surface area contributed by atoms with E-state index >= 15 is 0 Å². The minimum absolute atomic E-state index is 0.134. The largest absolute Gasteiger partial charge is 0.428 e. The Balaban J connectivity index is 1.61. The molecule has 31 heavy (non-hydrogen) atoms. The number of hydrogen-bond acceptors (Lipinski definition) is 8. The molecule has 164 valence electrons. The first-order chi connectivity index (χ1) is 14.7. The Bertz CT molecular complexity index is 1090. The molecule has 10 heteroatoms. The quantitative estimate of drug-likeness (QED) is 0.637. The topological polar surface area (TPSA) is 96.5 Å². The van der Waals surface area contributed by atoms with Crippen LogP contribution in [0.5, 0.6) is 5.75 Å². The second-order valence-electron chi connectivity index (χ2n) is 8.58. The molecule has 8 nitrogen and oxygen atoms in total. The summed E-state index contributed by atoms with van der Waals surface area (Å²) < 4.78 is 40.0. The number of aliphatic hydroxyl groups is 1. The molecule has 2 bridgehead atoms. The molecule has 1 aromatic carbocycles. The Morgan fingerprint density at radius 3 is 2.48 bits per heavy atom. The molecule has 4 heterocycles. The average Bonchev–Trinajstić information content (AvgIpc) is 3.31. The van der Waals surface area contributed by atoms with Crippen molar-refractivity contribution in [3.8, 4) is 17.1 Å². The number of rotatable bonds is 5. The summed E-state index contributed by atoms with van der Waals surface area (Å²) >= 11 is 0. The number of fused-ring (bicyclic) bond motifs is 3. The van der Waals surface area contributed by atoms with Crippen LogP contribution in [0.1, 0.15) is 26.7 Å². The molecule has 2 saturated heterocycles. The van der Waals surface area contributed by atoms with E-state index in [1.54, 1.807) is 24.5 Å². The Labute approximate surface area is 177 Å². The maximum Gasteiger partial charge on any atom is 0.426 e. The smallest absolute Gasteiger partial charge is 0.426 e. The van der Waals surface area contributed by atoms with E-state index < -0.39 is 11.7 Å². The number of nitrogens with one attached hydrogen (secondary N) is 1. The number of aromatic nitrogens is 3. The van der Waals surface area contributed by atoms with Crippen LogP contribution >= 0.6 is 0 Å². The number of piperazine rings is 1. The highest BCUT2D eigenvalue weighted by Crippen LogP contribution is 2.40. The van der Waals surface area contributed by atoms with E-state index in [1.807, 2.05) is 4.90 Å². The molecule has 2 aromatic heterocycles. The van der Waals surface area contributed by atoms with Gasteiger partial charge in [-0.1, -0.05) is 0 Å². The van der Waals surface area contributed by atoms with E-state index in [1.165, 1.54) is 6.07 Å². The lowest BCUT2D eigenvalue weighted by Crippen LogP contribution is -2.51. The zero-order valence-corrected chi connectivity index (χ0v) is 17.2.